The van der Waals surface area contributed by atoms with E-state index in [0.29, 0.717) is 12.3 Å². The van der Waals surface area contributed by atoms with Crippen molar-refractivity contribution in [3.8, 4) is 0 Å². The van der Waals surface area contributed by atoms with E-state index in [1.165, 1.54) is 12.8 Å². The van der Waals surface area contributed by atoms with E-state index in [1.807, 2.05) is 13.8 Å². The lowest BCUT2D eigenvalue weighted by atomic mass is 9.45. The van der Waals surface area contributed by atoms with Gasteiger partial charge < -0.3 is 29.9 Å². The summed E-state index contributed by atoms with van der Waals surface area (Å²) in [5, 5.41) is 42.0. The predicted octanol–water partition coefficient (Wildman–Crippen LogP) is 3.55. The first-order valence-electron chi connectivity index (χ1n) is 12.4. The van der Waals surface area contributed by atoms with Crippen LogP contribution in [0.3, 0.4) is 0 Å². The van der Waals surface area contributed by atoms with Crippen molar-refractivity contribution in [1.82, 2.24) is 0 Å². The summed E-state index contributed by atoms with van der Waals surface area (Å²) in [6.07, 6.45) is 2.94. The molecule has 2 saturated carbocycles. The van der Waals surface area contributed by atoms with Crippen molar-refractivity contribution in [3.05, 3.63) is 12.7 Å². The number of ether oxygens (including phenoxy) is 2. The van der Waals surface area contributed by atoms with E-state index in [1.54, 1.807) is 13.0 Å². The van der Waals surface area contributed by atoms with Crippen LogP contribution in [0.25, 0.3) is 0 Å². The van der Waals surface area contributed by atoms with Crippen LogP contribution in [0.4, 0.5) is 0 Å². The summed E-state index contributed by atoms with van der Waals surface area (Å²) >= 11 is 0. The minimum absolute atomic E-state index is 0.0568. The Hall–Kier alpha value is -0.500. The third-order valence-electron chi connectivity index (χ3n) is 9.32. The van der Waals surface area contributed by atoms with Gasteiger partial charge in [0.1, 0.15) is 18.3 Å². The van der Waals surface area contributed by atoms with Crippen LogP contribution in [-0.2, 0) is 9.47 Å². The fourth-order valence-corrected chi connectivity index (χ4v) is 7.28. The van der Waals surface area contributed by atoms with E-state index in [9.17, 15) is 20.4 Å². The lowest BCUT2D eigenvalue weighted by Gasteiger charge is -2.61. The number of rotatable bonds is 6. The standard InChI is InChI=1S/C26H46O6/c1-8-24(5,32-22-21(29)20(28)19(27)16(2)31-22)14-10-18-25(6)13-9-12-23(3,4)17(25)11-15-26(18,7)30/h8,16-22,27-30H,1,9-15H2,2-7H3/t16-,17+,18-,19+,20-,21+,22-,24+,25+,26-/m1/s1. The highest BCUT2D eigenvalue weighted by atomic mass is 16.7. The number of hydrogen-bond acceptors (Lipinski definition) is 6. The van der Waals surface area contributed by atoms with Gasteiger partial charge in [0, 0.05) is 0 Å². The first-order valence-corrected chi connectivity index (χ1v) is 12.4. The molecule has 10 atom stereocenters. The van der Waals surface area contributed by atoms with Crippen LogP contribution in [0.1, 0.15) is 86.5 Å². The van der Waals surface area contributed by atoms with E-state index in [2.05, 4.69) is 27.4 Å². The molecular formula is C26H46O6. The van der Waals surface area contributed by atoms with E-state index in [-0.39, 0.29) is 16.7 Å². The lowest BCUT2D eigenvalue weighted by molar-refractivity contribution is -0.313. The number of aliphatic hydroxyl groups is 4. The molecule has 0 aromatic carbocycles. The number of fused-ring (bicyclic) bond motifs is 1. The first-order chi connectivity index (χ1) is 14.7. The van der Waals surface area contributed by atoms with Crippen LogP contribution >= 0.6 is 0 Å². The van der Waals surface area contributed by atoms with Crippen molar-refractivity contribution in [2.24, 2.45) is 22.7 Å². The molecular weight excluding hydrogens is 408 g/mol. The van der Waals surface area contributed by atoms with Crippen molar-refractivity contribution in [3.63, 3.8) is 0 Å². The fraction of sp³-hybridized carbons (Fsp3) is 0.923. The predicted molar refractivity (Wildman–Crippen MR) is 124 cm³/mol. The minimum atomic E-state index is -1.35. The summed E-state index contributed by atoms with van der Waals surface area (Å²) < 4.78 is 11.8. The monoisotopic (exact) mass is 454 g/mol. The lowest BCUT2D eigenvalue weighted by Crippen LogP contribution is -2.59. The molecule has 4 N–H and O–H groups in total. The molecule has 0 radical (unpaired) electrons. The summed E-state index contributed by atoms with van der Waals surface area (Å²) in [4.78, 5) is 0. The van der Waals surface area contributed by atoms with E-state index in [4.69, 9.17) is 9.47 Å². The summed E-state index contributed by atoms with van der Waals surface area (Å²) in [6.45, 7) is 16.6. The van der Waals surface area contributed by atoms with Crippen LogP contribution in [0.2, 0.25) is 0 Å². The molecule has 0 bridgehead atoms. The molecule has 0 spiro atoms. The van der Waals surface area contributed by atoms with Gasteiger partial charge in [0.05, 0.1) is 17.3 Å². The van der Waals surface area contributed by atoms with Crippen LogP contribution in [0.15, 0.2) is 12.7 Å². The molecule has 3 rings (SSSR count). The van der Waals surface area contributed by atoms with E-state index >= 15 is 0 Å². The Balaban J connectivity index is 1.76. The van der Waals surface area contributed by atoms with Crippen LogP contribution in [-0.4, -0.2) is 62.3 Å². The van der Waals surface area contributed by atoms with Crippen molar-refractivity contribution in [2.45, 2.75) is 128 Å². The van der Waals surface area contributed by atoms with Crippen LogP contribution in [0, 0.1) is 22.7 Å². The van der Waals surface area contributed by atoms with E-state index < -0.39 is 41.9 Å². The molecule has 0 unspecified atom stereocenters. The molecule has 1 saturated heterocycles. The Morgan fingerprint density at radius 3 is 2.34 bits per heavy atom. The van der Waals surface area contributed by atoms with Crippen molar-refractivity contribution < 1.29 is 29.9 Å². The second-order valence-electron chi connectivity index (χ2n) is 12.2. The Morgan fingerprint density at radius 1 is 1.06 bits per heavy atom. The highest BCUT2D eigenvalue weighted by Gasteiger charge is 2.58. The van der Waals surface area contributed by atoms with Crippen LogP contribution < -0.4 is 0 Å². The van der Waals surface area contributed by atoms with Gasteiger partial charge in [-0.05, 0) is 82.0 Å². The molecule has 3 fully saturated rings. The molecule has 1 aliphatic heterocycles. The van der Waals surface area contributed by atoms with Gasteiger partial charge in [-0.1, -0.05) is 33.3 Å². The molecule has 186 valence electrons. The van der Waals surface area contributed by atoms with Gasteiger partial charge in [0.15, 0.2) is 6.29 Å². The molecule has 0 amide bonds. The zero-order valence-corrected chi connectivity index (χ0v) is 20.9. The van der Waals surface area contributed by atoms with Gasteiger partial charge in [-0.25, -0.2) is 0 Å². The van der Waals surface area contributed by atoms with Crippen molar-refractivity contribution in [1.29, 1.82) is 0 Å². The zero-order valence-electron chi connectivity index (χ0n) is 20.9. The van der Waals surface area contributed by atoms with Crippen LogP contribution in [0.5, 0.6) is 0 Å². The number of hydrogen-bond donors (Lipinski definition) is 4. The van der Waals surface area contributed by atoms with Crippen molar-refractivity contribution in [2.75, 3.05) is 0 Å². The van der Waals surface area contributed by atoms with Crippen molar-refractivity contribution >= 4 is 0 Å². The maximum absolute atomic E-state index is 11.4. The van der Waals surface area contributed by atoms with Gasteiger partial charge in [0.25, 0.3) is 0 Å². The zero-order chi connectivity index (χ0) is 24.1. The second-order valence-corrected chi connectivity index (χ2v) is 12.2. The second kappa shape index (κ2) is 8.94. The normalized spacial score (nSPS) is 48.5. The summed E-state index contributed by atoms with van der Waals surface area (Å²) in [5.74, 6) is 0.700. The summed E-state index contributed by atoms with van der Waals surface area (Å²) in [5.41, 5.74) is -1.22. The molecule has 1 heterocycles. The molecule has 6 heteroatoms. The minimum Gasteiger partial charge on any atom is -0.390 e. The quantitative estimate of drug-likeness (QED) is 0.458. The molecule has 2 aliphatic carbocycles. The Kier molecular flexibility index (Phi) is 7.29. The van der Waals surface area contributed by atoms with Gasteiger partial charge >= 0.3 is 0 Å². The van der Waals surface area contributed by atoms with E-state index in [0.717, 1.165) is 25.7 Å². The smallest absolute Gasteiger partial charge is 0.187 e. The summed E-state index contributed by atoms with van der Waals surface area (Å²) in [7, 11) is 0. The average molecular weight is 455 g/mol. The highest BCUT2D eigenvalue weighted by molar-refractivity contribution is 5.08. The van der Waals surface area contributed by atoms with Gasteiger partial charge in [-0.3, -0.25) is 0 Å². The first kappa shape index (κ1) is 26.1. The van der Waals surface area contributed by atoms with Gasteiger partial charge in [0.2, 0.25) is 0 Å². The Labute approximate surface area is 194 Å². The molecule has 6 nitrogen and oxygen atoms in total. The fourth-order valence-electron chi connectivity index (χ4n) is 7.28. The molecule has 3 aliphatic rings. The Bertz CT molecular complexity index is 677. The SMILES string of the molecule is C=C[C@@](C)(CC[C@@H]1[C@@]2(C)CCCC(C)(C)[C@@H]2CC[C@@]1(C)O)O[C@H]1O[C@H](C)[C@H](O)[C@@H](O)[C@@H]1O. The molecule has 0 aromatic rings. The van der Waals surface area contributed by atoms with Gasteiger partial charge in [-0.15, -0.1) is 6.58 Å². The third-order valence-corrected chi connectivity index (χ3v) is 9.32. The Morgan fingerprint density at radius 2 is 1.72 bits per heavy atom. The third kappa shape index (κ3) is 4.69. The average Bonchev–Trinajstić information content (AvgIpc) is 2.68. The largest absolute Gasteiger partial charge is 0.390 e. The molecule has 32 heavy (non-hydrogen) atoms. The summed E-state index contributed by atoms with van der Waals surface area (Å²) in [6, 6.07) is 0. The molecule has 0 aromatic heterocycles. The number of aliphatic hydroxyl groups excluding tert-OH is 3. The maximum atomic E-state index is 11.4. The highest BCUT2D eigenvalue weighted by Crippen LogP contribution is 2.63. The maximum Gasteiger partial charge on any atom is 0.187 e. The topological polar surface area (TPSA) is 99.4 Å². The van der Waals surface area contributed by atoms with Gasteiger partial charge in [-0.2, -0.15) is 0 Å².